The number of benzene rings is 2. The summed E-state index contributed by atoms with van der Waals surface area (Å²) < 4.78 is 18.4. The molecule has 0 aliphatic carbocycles. The maximum Gasteiger partial charge on any atom is 0.200 e. The van der Waals surface area contributed by atoms with Gasteiger partial charge in [0.15, 0.2) is 0 Å². The molecule has 0 aliphatic rings. The average Bonchev–Trinajstić information content (AvgIpc) is 2.40. The summed E-state index contributed by atoms with van der Waals surface area (Å²) in [7, 11) is 0. The summed E-state index contributed by atoms with van der Waals surface area (Å²) in [4.78, 5) is 12.4. The van der Waals surface area contributed by atoms with Gasteiger partial charge < -0.3 is 4.42 Å². The molecule has 0 saturated heterocycles. The van der Waals surface area contributed by atoms with Gasteiger partial charge in [0, 0.05) is 16.7 Å². The SMILES string of the molecule is O=c1c(-c2ccccc2Cl)coc2cc(F)ccc12. The highest BCUT2D eigenvalue weighted by atomic mass is 35.5. The molecule has 2 aromatic carbocycles. The van der Waals surface area contributed by atoms with Crippen molar-refractivity contribution in [3.63, 3.8) is 0 Å². The van der Waals surface area contributed by atoms with Crippen molar-refractivity contribution in [3.05, 3.63) is 69.8 Å². The molecule has 3 rings (SSSR count). The molecule has 0 fully saturated rings. The van der Waals surface area contributed by atoms with Gasteiger partial charge >= 0.3 is 0 Å². The van der Waals surface area contributed by atoms with E-state index in [9.17, 15) is 9.18 Å². The first kappa shape index (κ1) is 11.9. The van der Waals surface area contributed by atoms with Crippen LogP contribution >= 0.6 is 11.6 Å². The van der Waals surface area contributed by atoms with Crippen LogP contribution in [0.15, 0.2) is 57.9 Å². The Balaban J connectivity index is 2.33. The summed E-state index contributed by atoms with van der Waals surface area (Å²) in [6, 6.07) is 10.8. The van der Waals surface area contributed by atoms with Crippen LogP contribution in [0.3, 0.4) is 0 Å². The van der Waals surface area contributed by atoms with Crippen LogP contribution < -0.4 is 5.43 Å². The zero-order valence-corrected chi connectivity index (χ0v) is 10.4. The molecular weight excluding hydrogens is 267 g/mol. The van der Waals surface area contributed by atoms with Crippen molar-refractivity contribution in [2.24, 2.45) is 0 Å². The fourth-order valence-corrected chi connectivity index (χ4v) is 2.21. The molecule has 3 aromatic rings. The monoisotopic (exact) mass is 274 g/mol. The molecule has 0 saturated carbocycles. The highest BCUT2D eigenvalue weighted by Gasteiger charge is 2.11. The van der Waals surface area contributed by atoms with E-state index >= 15 is 0 Å². The predicted molar refractivity (Wildman–Crippen MR) is 72.9 cm³/mol. The molecule has 19 heavy (non-hydrogen) atoms. The van der Waals surface area contributed by atoms with E-state index in [1.807, 2.05) is 0 Å². The molecule has 2 nitrogen and oxygen atoms in total. The summed E-state index contributed by atoms with van der Waals surface area (Å²) in [6.45, 7) is 0. The summed E-state index contributed by atoms with van der Waals surface area (Å²) in [5.74, 6) is -0.443. The first-order valence-electron chi connectivity index (χ1n) is 5.63. The van der Waals surface area contributed by atoms with Crippen molar-refractivity contribution in [1.82, 2.24) is 0 Å². The van der Waals surface area contributed by atoms with Crippen LogP contribution in [-0.4, -0.2) is 0 Å². The van der Waals surface area contributed by atoms with Gasteiger partial charge in [0.05, 0.1) is 10.9 Å². The summed E-state index contributed by atoms with van der Waals surface area (Å²) in [5, 5.41) is 0.801. The maximum absolute atomic E-state index is 13.1. The summed E-state index contributed by atoms with van der Waals surface area (Å²) >= 11 is 6.07. The largest absolute Gasteiger partial charge is 0.463 e. The minimum absolute atomic E-state index is 0.223. The molecule has 4 heteroatoms. The van der Waals surface area contributed by atoms with Crippen LogP contribution in [-0.2, 0) is 0 Å². The molecule has 1 heterocycles. The lowest BCUT2D eigenvalue weighted by Crippen LogP contribution is -2.05. The van der Waals surface area contributed by atoms with Crippen molar-refractivity contribution in [2.75, 3.05) is 0 Å². The van der Waals surface area contributed by atoms with Gasteiger partial charge in [-0.2, -0.15) is 0 Å². The number of hydrogen-bond donors (Lipinski definition) is 0. The quantitative estimate of drug-likeness (QED) is 0.664. The van der Waals surface area contributed by atoms with Crippen LogP contribution in [0.4, 0.5) is 4.39 Å². The Kier molecular flexibility index (Phi) is 2.84. The van der Waals surface area contributed by atoms with Gasteiger partial charge in [-0.25, -0.2) is 4.39 Å². The molecule has 0 aliphatic heterocycles. The summed E-state index contributed by atoms with van der Waals surface area (Å²) in [6.07, 6.45) is 1.31. The number of halogens is 2. The highest BCUT2D eigenvalue weighted by molar-refractivity contribution is 6.33. The van der Waals surface area contributed by atoms with E-state index in [2.05, 4.69) is 0 Å². The highest BCUT2D eigenvalue weighted by Crippen LogP contribution is 2.26. The van der Waals surface area contributed by atoms with Crippen molar-refractivity contribution in [2.45, 2.75) is 0 Å². The second-order valence-corrected chi connectivity index (χ2v) is 4.51. The minimum Gasteiger partial charge on any atom is -0.463 e. The van der Waals surface area contributed by atoms with Crippen molar-refractivity contribution in [1.29, 1.82) is 0 Å². The topological polar surface area (TPSA) is 30.2 Å². The summed E-state index contributed by atoms with van der Waals surface area (Å²) in [5.41, 5.74) is 0.962. The fourth-order valence-electron chi connectivity index (χ4n) is 1.97. The third kappa shape index (κ3) is 2.02. The lowest BCUT2D eigenvalue weighted by Gasteiger charge is -2.04. The molecule has 0 unspecified atom stereocenters. The Labute approximate surface area is 113 Å². The van der Waals surface area contributed by atoms with Crippen molar-refractivity contribution >= 4 is 22.6 Å². The Morgan fingerprint density at radius 1 is 1.05 bits per heavy atom. The second-order valence-electron chi connectivity index (χ2n) is 4.10. The van der Waals surface area contributed by atoms with E-state index in [-0.39, 0.29) is 11.0 Å². The molecule has 0 amide bonds. The van der Waals surface area contributed by atoms with Gasteiger partial charge in [-0.1, -0.05) is 29.8 Å². The molecule has 94 valence electrons. The van der Waals surface area contributed by atoms with Gasteiger partial charge in [-0.05, 0) is 18.2 Å². The van der Waals surface area contributed by atoms with Crippen LogP contribution in [0.2, 0.25) is 5.02 Å². The Bertz CT molecular complexity index is 824. The molecule has 0 bridgehead atoms. The lowest BCUT2D eigenvalue weighted by molar-refractivity contribution is 0.590. The van der Waals surface area contributed by atoms with Crippen LogP contribution in [0, 0.1) is 5.82 Å². The molecular formula is C15H8ClFO2. The maximum atomic E-state index is 13.1. The van der Waals surface area contributed by atoms with E-state index in [4.69, 9.17) is 16.0 Å². The fraction of sp³-hybridized carbons (Fsp3) is 0. The first-order valence-corrected chi connectivity index (χ1v) is 6.00. The van der Waals surface area contributed by atoms with Crippen LogP contribution in [0.25, 0.3) is 22.1 Å². The standard InChI is InChI=1S/C15H8ClFO2/c16-13-4-2-1-3-10(13)12-8-19-14-7-9(17)5-6-11(14)15(12)18/h1-8H. The third-order valence-corrected chi connectivity index (χ3v) is 3.23. The number of fused-ring (bicyclic) bond motifs is 1. The average molecular weight is 275 g/mol. The van der Waals surface area contributed by atoms with Crippen molar-refractivity contribution < 1.29 is 8.81 Å². The first-order chi connectivity index (χ1) is 9.16. The molecule has 0 atom stereocenters. The van der Waals surface area contributed by atoms with Gasteiger partial charge in [0.25, 0.3) is 0 Å². The van der Waals surface area contributed by atoms with Gasteiger partial charge in [0.2, 0.25) is 5.43 Å². The third-order valence-electron chi connectivity index (χ3n) is 2.90. The smallest absolute Gasteiger partial charge is 0.200 e. The van der Waals surface area contributed by atoms with E-state index in [0.29, 0.717) is 21.5 Å². The molecule has 0 N–H and O–H groups in total. The van der Waals surface area contributed by atoms with Crippen LogP contribution in [0.5, 0.6) is 0 Å². The Morgan fingerprint density at radius 2 is 1.84 bits per heavy atom. The zero-order chi connectivity index (χ0) is 13.4. The minimum atomic E-state index is -0.443. The normalized spacial score (nSPS) is 10.8. The lowest BCUT2D eigenvalue weighted by atomic mass is 10.1. The van der Waals surface area contributed by atoms with Gasteiger partial charge in [-0.3, -0.25) is 4.79 Å². The number of rotatable bonds is 1. The van der Waals surface area contributed by atoms with E-state index < -0.39 is 5.82 Å². The molecule has 0 radical (unpaired) electrons. The molecule has 1 aromatic heterocycles. The van der Waals surface area contributed by atoms with Gasteiger partial charge in [0.1, 0.15) is 17.7 Å². The van der Waals surface area contributed by atoms with E-state index in [1.165, 1.54) is 24.5 Å². The number of hydrogen-bond acceptors (Lipinski definition) is 2. The predicted octanol–water partition coefficient (Wildman–Crippen LogP) is 4.25. The zero-order valence-electron chi connectivity index (χ0n) is 9.69. The Hall–Kier alpha value is -2.13. The second kappa shape index (κ2) is 4.52. The van der Waals surface area contributed by atoms with Crippen LogP contribution in [0.1, 0.15) is 0 Å². The van der Waals surface area contributed by atoms with Gasteiger partial charge in [-0.15, -0.1) is 0 Å². The van der Waals surface area contributed by atoms with E-state index in [0.717, 1.165) is 0 Å². The van der Waals surface area contributed by atoms with E-state index in [1.54, 1.807) is 24.3 Å². The van der Waals surface area contributed by atoms with Crippen molar-refractivity contribution in [3.8, 4) is 11.1 Å². The molecule has 0 spiro atoms. The Morgan fingerprint density at radius 3 is 2.63 bits per heavy atom.